The Kier molecular flexibility index (Phi) is 4.55. The van der Waals surface area contributed by atoms with E-state index in [0.29, 0.717) is 5.88 Å². The molecule has 2 aromatic rings. The van der Waals surface area contributed by atoms with Crippen molar-refractivity contribution in [1.29, 1.82) is 0 Å². The van der Waals surface area contributed by atoms with Gasteiger partial charge >= 0.3 is 0 Å². The van der Waals surface area contributed by atoms with Crippen LogP contribution in [0.5, 0.6) is 11.6 Å². The molecule has 0 aliphatic rings. The quantitative estimate of drug-likeness (QED) is 0.740. The summed E-state index contributed by atoms with van der Waals surface area (Å²) in [6.07, 6.45) is 0. The molecule has 0 amide bonds. The summed E-state index contributed by atoms with van der Waals surface area (Å²) in [4.78, 5) is 4.30. The van der Waals surface area contributed by atoms with Gasteiger partial charge in [-0.3, -0.25) is 0 Å². The number of rotatable bonds is 4. The normalized spacial score (nSPS) is 10.9. The van der Waals surface area contributed by atoms with E-state index >= 15 is 0 Å². The molecule has 20 heavy (non-hydrogen) atoms. The Morgan fingerprint density at radius 1 is 1.20 bits per heavy atom. The minimum atomic E-state index is -0.769. The van der Waals surface area contributed by atoms with E-state index < -0.39 is 11.6 Å². The smallest absolute Gasteiger partial charge is 0.219 e. The number of nitrogens with zero attached hydrogens (tertiary/aromatic N) is 1. The lowest BCUT2D eigenvalue weighted by Crippen LogP contribution is -1.99. The van der Waals surface area contributed by atoms with Crippen LogP contribution in [-0.2, 0) is 5.88 Å². The fourth-order valence-corrected chi connectivity index (χ4v) is 1.83. The largest absolute Gasteiger partial charge is 0.436 e. The first kappa shape index (κ1) is 14.7. The molecule has 1 aromatic carbocycles. The summed E-state index contributed by atoms with van der Waals surface area (Å²) >= 11 is 5.82. The predicted octanol–water partition coefficient (Wildman–Crippen LogP) is 5.01. The average molecular weight is 298 g/mol. The second-order valence-corrected chi connectivity index (χ2v) is 4.97. The van der Waals surface area contributed by atoms with Crippen molar-refractivity contribution in [2.75, 3.05) is 0 Å². The molecule has 0 spiro atoms. The third-order valence-electron chi connectivity index (χ3n) is 2.74. The van der Waals surface area contributed by atoms with Gasteiger partial charge in [0, 0.05) is 23.7 Å². The number of aromatic nitrogens is 1. The van der Waals surface area contributed by atoms with Crippen LogP contribution in [0.4, 0.5) is 8.78 Å². The summed E-state index contributed by atoms with van der Waals surface area (Å²) < 4.78 is 31.8. The van der Waals surface area contributed by atoms with Gasteiger partial charge in [0.15, 0.2) is 11.6 Å². The lowest BCUT2D eigenvalue weighted by atomic mass is 10.1. The van der Waals surface area contributed by atoms with Crippen LogP contribution in [-0.4, -0.2) is 4.98 Å². The van der Waals surface area contributed by atoms with Crippen molar-refractivity contribution in [3.63, 3.8) is 0 Å². The number of ether oxygens (including phenoxy) is 1. The Labute approximate surface area is 121 Å². The molecule has 0 atom stereocenters. The SMILES string of the molecule is CC(C)c1cc(CCl)cc(Oc2ccc(F)cc2F)n1. The molecule has 0 saturated heterocycles. The average Bonchev–Trinajstić information content (AvgIpc) is 2.41. The van der Waals surface area contributed by atoms with Crippen molar-refractivity contribution in [2.45, 2.75) is 25.6 Å². The summed E-state index contributed by atoms with van der Waals surface area (Å²) in [6.45, 7) is 3.98. The molecule has 5 heteroatoms. The molecule has 0 bridgehead atoms. The van der Waals surface area contributed by atoms with Gasteiger partial charge < -0.3 is 4.74 Å². The summed E-state index contributed by atoms with van der Waals surface area (Å²) in [5.74, 6) is -0.740. The first-order valence-electron chi connectivity index (χ1n) is 6.19. The molecule has 1 aromatic heterocycles. The molecule has 1 heterocycles. The highest BCUT2D eigenvalue weighted by Crippen LogP contribution is 2.26. The molecule has 0 aliphatic heterocycles. The molecule has 2 nitrogen and oxygen atoms in total. The molecule has 106 valence electrons. The van der Waals surface area contributed by atoms with Gasteiger partial charge in [-0.1, -0.05) is 13.8 Å². The van der Waals surface area contributed by atoms with Crippen LogP contribution in [0.2, 0.25) is 0 Å². The van der Waals surface area contributed by atoms with E-state index in [-0.39, 0.29) is 17.5 Å². The van der Waals surface area contributed by atoms with Crippen molar-refractivity contribution in [3.05, 3.63) is 53.2 Å². The highest BCUT2D eigenvalue weighted by atomic mass is 35.5. The molecular weight excluding hydrogens is 284 g/mol. The minimum Gasteiger partial charge on any atom is -0.436 e. The number of pyridine rings is 1. The Hall–Kier alpha value is -1.68. The fourth-order valence-electron chi connectivity index (χ4n) is 1.68. The lowest BCUT2D eigenvalue weighted by molar-refractivity contribution is 0.421. The maximum Gasteiger partial charge on any atom is 0.219 e. The number of hydrogen-bond acceptors (Lipinski definition) is 2. The van der Waals surface area contributed by atoms with Crippen LogP contribution >= 0.6 is 11.6 Å². The van der Waals surface area contributed by atoms with Gasteiger partial charge in [0.25, 0.3) is 0 Å². The Morgan fingerprint density at radius 3 is 2.55 bits per heavy atom. The maximum atomic E-state index is 13.6. The summed E-state index contributed by atoms with van der Waals surface area (Å²) in [5.41, 5.74) is 1.64. The predicted molar refractivity (Wildman–Crippen MR) is 74.3 cm³/mol. The van der Waals surface area contributed by atoms with E-state index in [1.165, 1.54) is 6.07 Å². The van der Waals surface area contributed by atoms with E-state index in [1.807, 2.05) is 19.9 Å². The first-order chi connectivity index (χ1) is 9.49. The van der Waals surface area contributed by atoms with Crippen molar-refractivity contribution in [3.8, 4) is 11.6 Å². The lowest BCUT2D eigenvalue weighted by Gasteiger charge is -2.11. The number of alkyl halides is 1. The molecular formula is C15H14ClF2NO. The van der Waals surface area contributed by atoms with Crippen molar-refractivity contribution in [1.82, 2.24) is 4.98 Å². The van der Waals surface area contributed by atoms with Gasteiger partial charge in [-0.15, -0.1) is 11.6 Å². The third-order valence-corrected chi connectivity index (χ3v) is 3.04. The van der Waals surface area contributed by atoms with Gasteiger partial charge in [-0.05, 0) is 29.7 Å². The zero-order valence-electron chi connectivity index (χ0n) is 11.2. The second-order valence-electron chi connectivity index (χ2n) is 4.70. The van der Waals surface area contributed by atoms with Crippen LogP contribution in [0.25, 0.3) is 0 Å². The van der Waals surface area contributed by atoms with E-state index in [4.69, 9.17) is 16.3 Å². The monoisotopic (exact) mass is 297 g/mol. The summed E-state index contributed by atoms with van der Waals surface area (Å²) in [6, 6.07) is 6.65. The van der Waals surface area contributed by atoms with Crippen molar-refractivity contribution in [2.24, 2.45) is 0 Å². The molecule has 2 rings (SSSR count). The van der Waals surface area contributed by atoms with E-state index in [9.17, 15) is 8.78 Å². The van der Waals surface area contributed by atoms with E-state index in [2.05, 4.69) is 4.98 Å². The standard InChI is InChI=1S/C15H14ClF2NO/c1-9(2)13-5-10(8-16)6-15(19-13)20-14-4-3-11(17)7-12(14)18/h3-7,9H,8H2,1-2H3. The zero-order valence-corrected chi connectivity index (χ0v) is 11.9. The first-order valence-corrected chi connectivity index (χ1v) is 6.72. The Bertz CT molecular complexity index is 617. The van der Waals surface area contributed by atoms with Gasteiger partial charge in [0.2, 0.25) is 5.88 Å². The van der Waals surface area contributed by atoms with Crippen LogP contribution in [0.15, 0.2) is 30.3 Å². The van der Waals surface area contributed by atoms with E-state index in [1.54, 1.807) is 6.07 Å². The summed E-state index contributed by atoms with van der Waals surface area (Å²) in [7, 11) is 0. The third kappa shape index (κ3) is 3.45. The van der Waals surface area contributed by atoms with Crippen LogP contribution in [0, 0.1) is 11.6 Å². The van der Waals surface area contributed by atoms with Gasteiger partial charge in [0.05, 0.1) is 0 Å². The Balaban J connectivity index is 2.34. The van der Waals surface area contributed by atoms with Gasteiger partial charge in [-0.25, -0.2) is 13.8 Å². The second kappa shape index (κ2) is 6.18. The van der Waals surface area contributed by atoms with Crippen molar-refractivity contribution >= 4 is 11.6 Å². The highest BCUT2D eigenvalue weighted by Gasteiger charge is 2.10. The maximum absolute atomic E-state index is 13.6. The van der Waals surface area contributed by atoms with Crippen LogP contribution in [0.3, 0.4) is 0 Å². The molecule has 0 fully saturated rings. The van der Waals surface area contributed by atoms with Crippen molar-refractivity contribution < 1.29 is 13.5 Å². The van der Waals surface area contributed by atoms with Crippen LogP contribution in [0.1, 0.15) is 31.0 Å². The molecule has 0 saturated carbocycles. The molecule has 0 unspecified atom stereocenters. The van der Waals surface area contributed by atoms with E-state index in [0.717, 1.165) is 23.4 Å². The zero-order chi connectivity index (χ0) is 14.7. The fraction of sp³-hybridized carbons (Fsp3) is 0.267. The molecule has 0 N–H and O–H groups in total. The Morgan fingerprint density at radius 2 is 1.95 bits per heavy atom. The minimum absolute atomic E-state index is 0.0691. The topological polar surface area (TPSA) is 22.1 Å². The van der Waals surface area contributed by atoms with Gasteiger partial charge in [0.1, 0.15) is 5.82 Å². The van der Waals surface area contributed by atoms with Crippen LogP contribution < -0.4 is 4.74 Å². The molecule has 0 aliphatic carbocycles. The number of benzene rings is 1. The summed E-state index contributed by atoms with van der Waals surface area (Å²) in [5, 5.41) is 0. The van der Waals surface area contributed by atoms with Gasteiger partial charge in [-0.2, -0.15) is 0 Å². The highest BCUT2D eigenvalue weighted by molar-refractivity contribution is 6.17. The number of hydrogen-bond donors (Lipinski definition) is 0. The number of halogens is 3. The molecule has 0 radical (unpaired) electrons.